The van der Waals surface area contributed by atoms with Crippen LogP contribution in [-0.2, 0) is 16.0 Å². The van der Waals surface area contributed by atoms with Gasteiger partial charge in [0, 0.05) is 50.5 Å². The molecule has 5 heteroatoms. The van der Waals surface area contributed by atoms with Gasteiger partial charge in [-0.3, -0.25) is 9.69 Å². The molecule has 23 heavy (non-hydrogen) atoms. The Morgan fingerprint density at radius 1 is 1.30 bits per heavy atom. The number of amides is 1. The van der Waals surface area contributed by atoms with E-state index in [0.717, 1.165) is 38.2 Å². The van der Waals surface area contributed by atoms with Crippen LogP contribution in [0.1, 0.15) is 25.8 Å². The number of methoxy groups -OCH3 is 1. The van der Waals surface area contributed by atoms with Crippen molar-refractivity contribution in [1.82, 2.24) is 9.80 Å². The summed E-state index contributed by atoms with van der Waals surface area (Å²) in [5, 5.41) is 0.681. The van der Waals surface area contributed by atoms with Crippen molar-refractivity contribution in [3.63, 3.8) is 0 Å². The predicted octanol–water partition coefficient (Wildman–Crippen LogP) is 2.84. The van der Waals surface area contributed by atoms with E-state index in [1.165, 1.54) is 0 Å². The molecule has 2 rings (SSSR count). The lowest BCUT2D eigenvalue weighted by Gasteiger charge is -2.44. The van der Waals surface area contributed by atoms with Gasteiger partial charge in [0.05, 0.1) is 6.42 Å². The van der Waals surface area contributed by atoms with Crippen LogP contribution in [0.5, 0.6) is 0 Å². The Labute approximate surface area is 144 Å². The normalized spacial score (nSPS) is 22.3. The Kier molecular flexibility index (Phi) is 6.88. The van der Waals surface area contributed by atoms with E-state index in [1.54, 1.807) is 7.11 Å². The molecule has 0 N–H and O–H groups in total. The summed E-state index contributed by atoms with van der Waals surface area (Å²) in [6.45, 7) is 7.78. The zero-order chi connectivity index (χ0) is 16.8. The van der Waals surface area contributed by atoms with Crippen LogP contribution in [-0.4, -0.2) is 61.1 Å². The van der Waals surface area contributed by atoms with Gasteiger partial charge >= 0.3 is 0 Å². The highest BCUT2D eigenvalue weighted by molar-refractivity contribution is 6.30. The predicted molar refractivity (Wildman–Crippen MR) is 93.9 cm³/mol. The van der Waals surface area contributed by atoms with Crippen molar-refractivity contribution in [1.29, 1.82) is 0 Å². The summed E-state index contributed by atoms with van der Waals surface area (Å²) in [5.74, 6) is 0.183. The molecule has 0 aliphatic carbocycles. The second-order valence-electron chi connectivity index (χ2n) is 6.39. The fraction of sp³-hybridized carbons (Fsp3) is 0.611. The maximum Gasteiger partial charge on any atom is 0.227 e. The number of hydrogen-bond donors (Lipinski definition) is 0. The van der Waals surface area contributed by atoms with Crippen molar-refractivity contribution in [3.05, 3.63) is 34.9 Å². The molecule has 0 aromatic heterocycles. The molecule has 1 amide bonds. The summed E-state index contributed by atoms with van der Waals surface area (Å²) in [7, 11) is 1.74. The molecule has 1 heterocycles. The van der Waals surface area contributed by atoms with Crippen molar-refractivity contribution in [2.45, 2.75) is 38.8 Å². The Balaban J connectivity index is 1.91. The van der Waals surface area contributed by atoms with Crippen LogP contribution in [0.4, 0.5) is 0 Å². The van der Waals surface area contributed by atoms with Crippen molar-refractivity contribution in [2.75, 3.05) is 33.4 Å². The first-order chi connectivity index (χ1) is 11.0. The minimum absolute atomic E-state index is 0.183. The fourth-order valence-corrected chi connectivity index (χ4v) is 3.54. The number of nitrogens with zero attached hydrogens (tertiary/aromatic N) is 2. The van der Waals surface area contributed by atoms with Crippen molar-refractivity contribution >= 4 is 17.5 Å². The standard InChI is InChI=1S/C18H27ClN2O2/c1-14-12-20(13-15(2)21(14)8-5-9-23-3)18(22)11-16-6-4-7-17(19)10-16/h4,6-7,10,14-15H,5,8-9,11-13H2,1-3H3. The SMILES string of the molecule is COCCCN1C(C)CN(C(=O)Cc2cccc(Cl)c2)CC1C. The molecular formula is C18H27ClN2O2. The largest absolute Gasteiger partial charge is 0.385 e. The van der Waals surface area contributed by atoms with Crippen LogP contribution in [0.25, 0.3) is 0 Å². The van der Waals surface area contributed by atoms with E-state index in [2.05, 4.69) is 18.7 Å². The Morgan fingerprint density at radius 2 is 2.00 bits per heavy atom. The Bertz CT molecular complexity index is 511. The molecule has 1 aromatic carbocycles. The lowest BCUT2D eigenvalue weighted by molar-refractivity contribution is -0.134. The van der Waals surface area contributed by atoms with Crippen LogP contribution in [0.2, 0.25) is 5.02 Å². The molecule has 0 bridgehead atoms. The summed E-state index contributed by atoms with van der Waals surface area (Å²) in [4.78, 5) is 17.0. The van der Waals surface area contributed by atoms with Gasteiger partial charge in [0.1, 0.15) is 0 Å². The molecule has 4 nitrogen and oxygen atoms in total. The number of piperazine rings is 1. The molecule has 1 aromatic rings. The highest BCUT2D eigenvalue weighted by Crippen LogP contribution is 2.18. The van der Waals surface area contributed by atoms with Gasteiger partial charge in [0.25, 0.3) is 0 Å². The van der Waals surface area contributed by atoms with Crippen LogP contribution in [0.3, 0.4) is 0 Å². The van der Waals surface area contributed by atoms with Crippen LogP contribution >= 0.6 is 11.6 Å². The second kappa shape index (κ2) is 8.67. The third-order valence-corrected chi connectivity index (χ3v) is 4.70. The van der Waals surface area contributed by atoms with E-state index in [-0.39, 0.29) is 5.91 Å². The second-order valence-corrected chi connectivity index (χ2v) is 6.82. The maximum atomic E-state index is 12.6. The maximum absolute atomic E-state index is 12.6. The van der Waals surface area contributed by atoms with Crippen LogP contribution < -0.4 is 0 Å². The number of hydrogen-bond acceptors (Lipinski definition) is 3. The molecule has 1 fully saturated rings. The number of benzene rings is 1. The molecular weight excluding hydrogens is 312 g/mol. The van der Waals surface area contributed by atoms with Crippen molar-refractivity contribution < 1.29 is 9.53 Å². The number of carbonyl (C=O) groups is 1. The average molecular weight is 339 g/mol. The van der Waals surface area contributed by atoms with Gasteiger partial charge in [-0.1, -0.05) is 23.7 Å². The molecule has 0 spiro atoms. The van der Waals surface area contributed by atoms with Gasteiger partial charge in [-0.05, 0) is 38.0 Å². The third-order valence-electron chi connectivity index (χ3n) is 4.46. The quantitative estimate of drug-likeness (QED) is 0.748. The van der Waals surface area contributed by atoms with E-state index in [9.17, 15) is 4.79 Å². The van der Waals surface area contributed by atoms with Gasteiger partial charge in [-0.2, -0.15) is 0 Å². The Morgan fingerprint density at radius 3 is 2.61 bits per heavy atom. The van der Waals surface area contributed by atoms with Crippen molar-refractivity contribution in [2.24, 2.45) is 0 Å². The fourth-order valence-electron chi connectivity index (χ4n) is 3.33. The zero-order valence-electron chi connectivity index (χ0n) is 14.3. The number of ether oxygens (including phenoxy) is 1. The highest BCUT2D eigenvalue weighted by atomic mass is 35.5. The first kappa shape index (κ1) is 18.2. The monoisotopic (exact) mass is 338 g/mol. The summed E-state index contributed by atoms with van der Waals surface area (Å²) < 4.78 is 5.14. The van der Waals surface area contributed by atoms with Crippen molar-refractivity contribution in [3.8, 4) is 0 Å². The summed E-state index contributed by atoms with van der Waals surface area (Å²) in [5.41, 5.74) is 0.977. The molecule has 0 radical (unpaired) electrons. The number of rotatable bonds is 6. The van der Waals surface area contributed by atoms with Gasteiger partial charge in [-0.15, -0.1) is 0 Å². The van der Waals surface area contributed by atoms with E-state index in [1.807, 2.05) is 29.2 Å². The minimum atomic E-state index is 0.183. The first-order valence-electron chi connectivity index (χ1n) is 8.28. The van der Waals surface area contributed by atoms with Gasteiger partial charge in [0.2, 0.25) is 5.91 Å². The van der Waals surface area contributed by atoms with E-state index < -0.39 is 0 Å². The molecule has 0 saturated carbocycles. The van der Waals surface area contributed by atoms with Gasteiger partial charge in [0.15, 0.2) is 0 Å². The van der Waals surface area contributed by atoms with Crippen LogP contribution in [0, 0.1) is 0 Å². The molecule has 128 valence electrons. The molecule has 2 unspecified atom stereocenters. The number of halogens is 1. The Hall–Kier alpha value is -1.10. The zero-order valence-corrected chi connectivity index (χ0v) is 15.1. The highest BCUT2D eigenvalue weighted by Gasteiger charge is 2.31. The van der Waals surface area contributed by atoms with E-state index in [4.69, 9.17) is 16.3 Å². The van der Waals surface area contributed by atoms with E-state index >= 15 is 0 Å². The van der Waals surface area contributed by atoms with E-state index in [0.29, 0.717) is 23.5 Å². The third kappa shape index (κ3) is 5.20. The molecule has 2 atom stereocenters. The minimum Gasteiger partial charge on any atom is -0.385 e. The summed E-state index contributed by atoms with van der Waals surface area (Å²) in [6, 6.07) is 8.30. The van der Waals surface area contributed by atoms with Gasteiger partial charge < -0.3 is 9.64 Å². The number of carbonyl (C=O) groups excluding carboxylic acids is 1. The first-order valence-corrected chi connectivity index (χ1v) is 8.66. The molecule has 1 saturated heterocycles. The van der Waals surface area contributed by atoms with Crippen LogP contribution in [0.15, 0.2) is 24.3 Å². The molecule has 1 aliphatic heterocycles. The summed E-state index contributed by atoms with van der Waals surface area (Å²) in [6.07, 6.45) is 1.45. The molecule has 1 aliphatic rings. The van der Waals surface area contributed by atoms with Gasteiger partial charge in [-0.25, -0.2) is 0 Å². The average Bonchev–Trinajstić information content (AvgIpc) is 2.50. The summed E-state index contributed by atoms with van der Waals surface area (Å²) >= 11 is 6.00. The lowest BCUT2D eigenvalue weighted by Crippen LogP contribution is -2.58. The lowest BCUT2D eigenvalue weighted by atomic mass is 10.1. The topological polar surface area (TPSA) is 32.8 Å². The smallest absolute Gasteiger partial charge is 0.227 e.